The first kappa shape index (κ1) is 18.5. The normalized spacial score (nSPS) is 35.3. The van der Waals surface area contributed by atoms with E-state index in [-0.39, 0.29) is 17.2 Å². The summed E-state index contributed by atoms with van der Waals surface area (Å²) in [4.78, 5) is 25.0. The molecule has 1 aromatic carbocycles. The molecule has 4 fully saturated rings. The first-order chi connectivity index (χ1) is 12.7. The van der Waals surface area contributed by atoms with Crippen LogP contribution in [-0.4, -0.2) is 23.0 Å². The molecule has 5 rings (SSSR count). The van der Waals surface area contributed by atoms with Gasteiger partial charge in [-0.2, -0.15) is 0 Å². The van der Waals surface area contributed by atoms with Crippen LogP contribution in [0.15, 0.2) is 24.3 Å². The van der Waals surface area contributed by atoms with E-state index in [1.165, 1.54) is 30.4 Å². The van der Waals surface area contributed by atoms with Crippen molar-refractivity contribution in [1.29, 1.82) is 0 Å². The zero-order chi connectivity index (χ0) is 19.4. The van der Waals surface area contributed by atoms with E-state index in [0.29, 0.717) is 11.8 Å². The average molecular weight is 370 g/mol. The number of aliphatic carboxylic acids is 1. The van der Waals surface area contributed by atoms with Gasteiger partial charge in [0.1, 0.15) is 6.04 Å². The van der Waals surface area contributed by atoms with Crippen molar-refractivity contribution in [3.8, 4) is 0 Å². The number of carbonyl (C=O) groups is 2. The van der Waals surface area contributed by atoms with Crippen LogP contribution in [0.2, 0.25) is 0 Å². The lowest BCUT2D eigenvalue weighted by Crippen LogP contribution is -2.61. The molecule has 0 heterocycles. The van der Waals surface area contributed by atoms with Gasteiger partial charge in [-0.05, 0) is 74.2 Å². The third-order valence-corrected chi connectivity index (χ3v) is 7.43. The summed E-state index contributed by atoms with van der Waals surface area (Å²) in [5, 5.41) is 12.4. The number of nitrogens with one attached hydrogen (secondary N) is 1. The Morgan fingerprint density at radius 1 is 1.07 bits per heavy atom. The molecule has 0 radical (unpaired) electrons. The first-order valence-electron chi connectivity index (χ1n) is 10.3. The number of aryl methyl sites for hydroxylation is 1. The van der Waals surface area contributed by atoms with Gasteiger partial charge in [-0.3, -0.25) is 4.79 Å². The van der Waals surface area contributed by atoms with Gasteiger partial charge >= 0.3 is 5.97 Å². The van der Waals surface area contributed by atoms with Crippen LogP contribution < -0.4 is 5.32 Å². The monoisotopic (exact) mass is 369 g/mol. The quantitative estimate of drug-likeness (QED) is 0.822. The van der Waals surface area contributed by atoms with Crippen LogP contribution in [0, 0.1) is 30.1 Å². The van der Waals surface area contributed by atoms with Crippen molar-refractivity contribution in [1.82, 2.24) is 5.32 Å². The fourth-order valence-corrected chi connectivity index (χ4v) is 6.58. The summed E-state index contributed by atoms with van der Waals surface area (Å²) in [5.41, 5.74) is 2.33. The van der Waals surface area contributed by atoms with Gasteiger partial charge in [-0.1, -0.05) is 43.7 Å². The number of benzene rings is 1. The van der Waals surface area contributed by atoms with Crippen molar-refractivity contribution in [2.75, 3.05) is 0 Å². The third-order valence-electron chi connectivity index (χ3n) is 7.43. The fourth-order valence-electron chi connectivity index (χ4n) is 6.58. The summed E-state index contributed by atoms with van der Waals surface area (Å²) in [6, 6.07) is 8.06. The number of amides is 1. The van der Waals surface area contributed by atoms with Crippen LogP contribution in [0.5, 0.6) is 0 Å². The van der Waals surface area contributed by atoms with E-state index in [1.54, 1.807) is 0 Å². The molecule has 4 bridgehead atoms. The minimum atomic E-state index is -0.934. The van der Waals surface area contributed by atoms with E-state index in [1.807, 2.05) is 13.8 Å². The third kappa shape index (κ3) is 3.07. The van der Waals surface area contributed by atoms with Crippen LogP contribution in [0.4, 0.5) is 0 Å². The number of hydrogen-bond acceptors (Lipinski definition) is 2. The van der Waals surface area contributed by atoms with Gasteiger partial charge in [0.05, 0.1) is 5.41 Å². The zero-order valence-electron chi connectivity index (χ0n) is 16.6. The molecular weight excluding hydrogens is 338 g/mol. The second-order valence-electron chi connectivity index (χ2n) is 9.92. The van der Waals surface area contributed by atoms with Crippen molar-refractivity contribution in [2.45, 2.75) is 70.8 Å². The Labute approximate surface area is 161 Å². The Morgan fingerprint density at radius 3 is 2.19 bits per heavy atom. The van der Waals surface area contributed by atoms with Crippen molar-refractivity contribution in [2.24, 2.45) is 23.2 Å². The lowest BCUT2D eigenvalue weighted by Gasteiger charge is -2.61. The van der Waals surface area contributed by atoms with Gasteiger partial charge in [0.15, 0.2) is 0 Å². The molecule has 0 saturated heterocycles. The van der Waals surface area contributed by atoms with Crippen LogP contribution in [-0.2, 0) is 15.0 Å². The van der Waals surface area contributed by atoms with E-state index < -0.39 is 17.4 Å². The van der Waals surface area contributed by atoms with E-state index in [2.05, 4.69) is 36.5 Å². The van der Waals surface area contributed by atoms with Crippen molar-refractivity contribution >= 4 is 11.9 Å². The lowest BCUT2D eigenvalue weighted by atomic mass is 9.42. The number of carboxylic acids is 1. The van der Waals surface area contributed by atoms with Gasteiger partial charge in [0.25, 0.3) is 0 Å². The summed E-state index contributed by atoms with van der Waals surface area (Å²) in [6.07, 6.45) is 6.30. The molecule has 4 nitrogen and oxygen atoms in total. The number of carbonyl (C=O) groups excluding carboxylic acids is 1. The molecule has 5 atom stereocenters. The Balaban J connectivity index is 1.64. The molecule has 4 aliphatic rings. The summed E-state index contributed by atoms with van der Waals surface area (Å²) < 4.78 is 0. The number of hydrogen-bond donors (Lipinski definition) is 2. The highest BCUT2D eigenvalue weighted by molar-refractivity contribution is 5.88. The minimum Gasteiger partial charge on any atom is -0.480 e. The molecule has 1 amide bonds. The molecule has 0 aromatic heterocycles. The topological polar surface area (TPSA) is 66.4 Å². The standard InChI is InChI=1S/C23H31NO3/c1-14(2)19(20(25)26)24-21(27)23-11-16-8-17(12-23)10-22(9-16,13-23)18-6-4-15(3)5-7-18/h4-7,14,16-17,19H,8-13H2,1-3H3,(H,24,27)(H,25,26)/t16-,17+,19-,22?,23?/m0/s1. The number of rotatable bonds is 5. The van der Waals surface area contributed by atoms with E-state index in [0.717, 1.165) is 19.3 Å². The van der Waals surface area contributed by atoms with E-state index in [4.69, 9.17) is 0 Å². The predicted octanol–water partition coefficient (Wildman–Crippen LogP) is 4.06. The minimum absolute atomic E-state index is 0.0193. The Morgan fingerprint density at radius 2 is 1.67 bits per heavy atom. The summed E-state index contributed by atoms with van der Waals surface area (Å²) in [5.74, 6) is 0.0956. The fraction of sp³-hybridized carbons (Fsp3) is 0.652. The second kappa shape index (κ2) is 6.35. The highest BCUT2D eigenvalue weighted by Gasteiger charge is 2.61. The molecule has 4 aliphatic carbocycles. The maximum atomic E-state index is 13.4. The van der Waals surface area contributed by atoms with Crippen molar-refractivity contribution in [3.05, 3.63) is 35.4 Å². The predicted molar refractivity (Wildman–Crippen MR) is 104 cm³/mol. The maximum Gasteiger partial charge on any atom is 0.326 e. The van der Waals surface area contributed by atoms with Gasteiger partial charge in [0, 0.05) is 0 Å². The first-order valence-corrected chi connectivity index (χ1v) is 10.3. The maximum absolute atomic E-state index is 13.4. The summed E-state index contributed by atoms with van der Waals surface area (Å²) >= 11 is 0. The van der Waals surface area contributed by atoms with Gasteiger partial charge in [-0.25, -0.2) is 4.79 Å². The SMILES string of the molecule is Cc1ccc(C23C[C@@H]4C[C@@H](CC(C(=O)N[C@H](C(=O)O)C(C)C)(C4)C2)C3)cc1. The molecule has 146 valence electrons. The van der Waals surface area contributed by atoms with E-state index in [9.17, 15) is 14.7 Å². The van der Waals surface area contributed by atoms with Gasteiger partial charge in [-0.15, -0.1) is 0 Å². The smallest absolute Gasteiger partial charge is 0.326 e. The van der Waals surface area contributed by atoms with Crippen LogP contribution in [0.25, 0.3) is 0 Å². The Kier molecular flexibility index (Phi) is 4.36. The van der Waals surface area contributed by atoms with Gasteiger partial charge < -0.3 is 10.4 Å². The van der Waals surface area contributed by atoms with Crippen molar-refractivity contribution < 1.29 is 14.7 Å². The molecule has 2 unspecified atom stereocenters. The highest BCUT2D eigenvalue weighted by atomic mass is 16.4. The highest BCUT2D eigenvalue weighted by Crippen LogP contribution is 2.65. The molecule has 0 aliphatic heterocycles. The molecule has 4 saturated carbocycles. The van der Waals surface area contributed by atoms with Crippen LogP contribution >= 0.6 is 0 Å². The summed E-state index contributed by atoms with van der Waals surface area (Å²) in [6.45, 7) is 5.81. The molecule has 4 heteroatoms. The van der Waals surface area contributed by atoms with E-state index >= 15 is 0 Å². The van der Waals surface area contributed by atoms with Crippen LogP contribution in [0.1, 0.15) is 63.5 Å². The second-order valence-corrected chi connectivity index (χ2v) is 9.92. The largest absolute Gasteiger partial charge is 0.480 e. The van der Waals surface area contributed by atoms with Crippen molar-refractivity contribution in [3.63, 3.8) is 0 Å². The molecule has 2 N–H and O–H groups in total. The molecule has 27 heavy (non-hydrogen) atoms. The molecule has 1 aromatic rings. The molecule has 0 spiro atoms. The Bertz CT molecular complexity index is 737. The summed E-state index contributed by atoms with van der Waals surface area (Å²) in [7, 11) is 0. The Hall–Kier alpha value is -1.84. The average Bonchev–Trinajstić information content (AvgIpc) is 2.58. The lowest BCUT2D eigenvalue weighted by molar-refractivity contribution is -0.154. The zero-order valence-corrected chi connectivity index (χ0v) is 16.6. The number of carboxylic acid groups (broad SMARTS) is 1. The molecular formula is C23H31NO3. The van der Waals surface area contributed by atoms with Crippen LogP contribution in [0.3, 0.4) is 0 Å². The van der Waals surface area contributed by atoms with Gasteiger partial charge in [0.2, 0.25) is 5.91 Å².